The van der Waals surface area contributed by atoms with Crippen molar-refractivity contribution in [3.05, 3.63) is 111 Å². The van der Waals surface area contributed by atoms with Crippen molar-refractivity contribution in [1.82, 2.24) is 0 Å². The van der Waals surface area contributed by atoms with Gasteiger partial charge < -0.3 is 20.1 Å². The van der Waals surface area contributed by atoms with Gasteiger partial charge in [-0.05, 0) is 96.0 Å². The van der Waals surface area contributed by atoms with Crippen molar-refractivity contribution < 1.29 is 23.9 Å². The molecule has 2 heterocycles. The lowest BCUT2D eigenvalue weighted by Crippen LogP contribution is -2.41. The number of hydrogen-bond donors (Lipinski definition) is 4. The second kappa shape index (κ2) is 17.5. The number of fused-ring (bicyclic) bond motifs is 1. The molecule has 0 bridgehead atoms. The van der Waals surface area contributed by atoms with E-state index < -0.39 is 18.1 Å². The maximum absolute atomic E-state index is 13.3. The van der Waals surface area contributed by atoms with E-state index in [1.165, 1.54) is 11.3 Å². The summed E-state index contributed by atoms with van der Waals surface area (Å²) >= 11 is 7.67. The fourth-order valence-corrected chi connectivity index (χ4v) is 6.76. The topological polar surface area (TPSA) is 157 Å². The summed E-state index contributed by atoms with van der Waals surface area (Å²) in [6, 6.07) is 20.7. The van der Waals surface area contributed by atoms with E-state index in [4.69, 9.17) is 32.1 Å². The fraction of sp³-hybridized carbons (Fsp3) is 0.300. The summed E-state index contributed by atoms with van der Waals surface area (Å²) in [5, 5.41) is 24.9. The highest BCUT2D eigenvalue weighted by molar-refractivity contribution is 7.17. The predicted molar refractivity (Wildman–Crippen MR) is 215 cm³/mol. The molecule has 3 aromatic carbocycles. The zero-order valence-corrected chi connectivity index (χ0v) is 32.7. The largest absolute Gasteiger partial charge is 0.462 e. The van der Waals surface area contributed by atoms with E-state index in [0.717, 1.165) is 32.3 Å². The first-order valence-corrected chi connectivity index (χ1v) is 18.1. The first kappa shape index (κ1) is 40.4. The van der Waals surface area contributed by atoms with Gasteiger partial charge in [0.15, 0.2) is 0 Å². The van der Waals surface area contributed by atoms with Crippen LogP contribution in [0, 0.1) is 24.7 Å². The smallest absolute Gasteiger partial charge is 0.309 e. The second-order valence-corrected chi connectivity index (χ2v) is 14.9. The number of anilines is 3. The molecule has 53 heavy (non-hydrogen) atoms. The second-order valence-electron chi connectivity index (χ2n) is 13.3. The molecule has 1 aliphatic heterocycles. The molecule has 1 aliphatic rings. The van der Waals surface area contributed by atoms with Crippen LogP contribution < -0.4 is 15.5 Å². The van der Waals surface area contributed by atoms with Gasteiger partial charge in [-0.2, -0.15) is 0 Å². The number of para-hydroxylation sites is 2. The molecule has 0 saturated heterocycles. The summed E-state index contributed by atoms with van der Waals surface area (Å²) in [5.74, 6) is -0.609. The van der Waals surface area contributed by atoms with Crippen LogP contribution in [0.2, 0.25) is 5.02 Å². The highest BCUT2D eigenvalue weighted by Crippen LogP contribution is 2.40. The molecule has 4 aromatic rings. The van der Waals surface area contributed by atoms with Crippen molar-refractivity contribution in [3.63, 3.8) is 0 Å². The summed E-state index contributed by atoms with van der Waals surface area (Å²) in [4.78, 5) is 43.4. The van der Waals surface area contributed by atoms with E-state index in [0.29, 0.717) is 34.0 Å². The Labute approximate surface area is 319 Å². The molecule has 1 aromatic heterocycles. The molecule has 4 N–H and O–H groups in total. The van der Waals surface area contributed by atoms with E-state index in [1.54, 1.807) is 62.2 Å². The molecule has 0 saturated carbocycles. The number of aryl methyl sites for hydroxylation is 1. The third kappa shape index (κ3) is 10.2. The number of amides is 1. The fourth-order valence-electron chi connectivity index (χ4n) is 5.41. The summed E-state index contributed by atoms with van der Waals surface area (Å²) in [6.45, 7) is 13.3. The lowest BCUT2D eigenvalue weighted by Gasteiger charge is -2.25. The van der Waals surface area contributed by atoms with Crippen molar-refractivity contribution in [3.8, 4) is 0 Å². The molecular weight excluding hydrogens is 712 g/mol. The predicted octanol–water partition coefficient (Wildman–Crippen LogP) is 8.97. The number of aliphatic imine (C=N–C) groups is 1. The number of carbonyl (C=O) groups is 3. The van der Waals surface area contributed by atoms with Crippen molar-refractivity contribution >= 4 is 75.0 Å². The van der Waals surface area contributed by atoms with Gasteiger partial charge in [0.05, 0.1) is 23.5 Å². The van der Waals surface area contributed by atoms with E-state index in [-0.39, 0.29) is 29.6 Å². The van der Waals surface area contributed by atoms with Gasteiger partial charge in [-0.25, -0.2) is 0 Å². The van der Waals surface area contributed by atoms with Gasteiger partial charge >= 0.3 is 5.97 Å². The Hall–Kier alpha value is -5.33. The third-order valence-corrected chi connectivity index (χ3v) is 9.70. The number of esters is 1. The van der Waals surface area contributed by atoms with Gasteiger partial charge in [-0.1, -0.05) is 48.0 Å². The Bertz CT molecular complexity index is 2020. The van der Waals surface area contributed by atoms with Crippen LogP contribution in [0.1, 0.15) is 84.6 Å². The first-order chi connectivity index (χ1) is 25.0. The minimum absolute atomic E-state index is 0.0266. The Morgan fingerprint density at radius 3 is 2.21 bits per heavy atom. The molecular formula is C40H45ClN6O5S. The number of nitrogens with zero attached hydrogens (tertiary/aromatic N) is 2. The Balaban J connectivity index is 0.000000815. The average molecular weight is 757 g/mol. The number of thiophene rings is 1. The number of benzene rings is 3. The third-order valence-electron chi connectivity index (χ3n) is 8.26. The van der Waals surface area contributed by atoms with Gasteiger partial charge in [0, 0.05) is 33.6 Å². The van der Waals surface area contributed by atoms with Gasteiger partial charge in [-0.15, -0.1) is 11.3 Å². The number of hydrogen-bond acceptors (Lipinski definition) is 10. The molecule has 0 aliphatic carbocycles. The lowest BCUT2D eigenvalue weighted by molar-refractivity contribution is -0.148. The Morgan fingerprint density at radius 2 is 1.66 bits per heavy atom. The SMILES string of the molecule is CC(C)(C)OC=O.CNc1ccccc1NC(=O)c1ccc(C(C)OC(=O)CC2N=C(c3ccc(Cl)cc3)c3c(sc(C)c3C)N(C(C)=N)C2=N)cc1. The molecule has 278 valence electrons. The monoisotopic (exact) mass is 756 g/mol. The number of nitrogens with one attached hydrogen (secondary N) is 4. The van der Waals surface area contributed by atoms with Gasteiger partial charge in [0.1, 0.15) is 34.4 Å². The summed E-state index contributed by atoms with van der Waals surface area (Å²) < 4.78 is 10.4. The van der Waals surface area contributed by atoms with Crippen LogP contribution in [0.5, 0.6) is 0 Å². The normalized spacial score (nSPS) is 14.4. The molecule has 0 spiro atoms. The Kier molecular flexibility index (Phi) is 13.3. The maximum Gasteiger partial charge on any atom is 0.309 e. The molecule has 0 radical (unpaired) electrons. The molecule has 1 amide bonds. The highest BCUT2D eigenvalue weighted by Gasteiger charge is 2.35. The standard InChI is InChI=1S/C35H35ClN6O3S.C5H10O2/c1-19-21(3)46-35-31(19)32(24-14-16-26(36)17-15-24)40-29(33(38)42(35)22(4)37)18-30(43)45-20(2)23-10-12-25(13-11-23)34(44)41-28-9-7-6-8-27(28)39-5;1-5(2,3)7-4-6/h6-17,20,29,37-39H,18H2,1-5H3,(H,41,44);4H,1-3H3. The average Bonchev–Trinajstić information content (AvgIpc) is 3.32. The van der Waals surface area contributed by atoms with Crippen LogP contribution in [0.15, 0.2) is 77.8 Å². The van der Waals surface area contributed by atoms with Crippen LogP contribution in [0.25, 0.3) is 0 Å². The summed E-state index contributed by atoms with van der Waals surface area (Å²) in [6.07, 6.45) is -0.802. The highest BCUT2D eigenvalue weighted by atomic mass is 35.5. The van der Waals surface area contributed by atoms with E-state index >= 15 is 0 Å². The number of ether oxygens (including phenoxy) is 2. The number of carbonyl (C=O) groups excluding carboxylic acids is 3. The van der Waals surface area contributed by atoms with Crippen molar-refractivity contribution in [2.45, 2.75) is 72.6 Å². The van der Waals surface area contributed by atoms with E-state index in [1.807, 2.05) is 71.0 Å². The first-order valence-electron chi connectivity index (χ1n) is 16.9. The van der Waals surface area contributed by atoms with Gasteiger partial charge in [0.25, 0.3) is 12.4 Å². The molecule has 2 atom stereocenters. The van der Waals surface area contributed by atoms with Crippen LogP contribution in [-0.2, 0) is 19.1 Å². The molecule has 2 unspecified atom stereocenters. The van der Waals surface area contributed by atoms with Crippen molar-refractivity contribution in [1.29, 1.82) is 10.8 Å². The number of rotatable bonds is 9. The van der Waals surface area contributed by atoms with Crippen LogP contribution in [0.4, 0.5) is 16.4 Å². The van der Waals surface area contributed by atoms with Crippen LogP contribution >= 0.6 is 22.9 Å². The number of halogens is 1. The molecule has 11 nitrogen and oxygen atoms in total. The van der Waals surface area contributed by atoms with E-state index in [2.05, 4.69) is 15.4 Å². The lowest BCUT2D eigenvalue weighted by atomic mass is 9.99. The Morgan fingerprint density at radius 1 is 1.04 bits per heavy atom. The molecule has 13 heteroatoms. The van der Waals surface area contributed by atoms with Crippen molar-refractivity contribution in [2.75, 3.05) is 22.6 Å². The van der Waals surface area contributed by atoms with Crippen LogP contribution in [-0.4, -0.2) is 54.4 Å². The zero-order chi connectivity index (χ0) is 39.0. The zero-order valence-electron chi connectivity index (χ0n) is 31.1. The molecule has 5 rings (SSSR count). The quantitative estimate of drug-likeness (QED) is 0.0575. The minimum Gasteiger partial charge on any atom is -0.462 e. The maximum atomic E-state index is 13.3. The minimum atomic E-state index is -0.892. The van der Waals surface area contributed by atoms with Crippen molar-refractivity contribution in [2.24, 2.45) is 4.99 Å². The van der Waals surface area contributed by atoms with Gasteiger partial charge in [0.2, 0.25) is 0 Å². The number of amidine groups is 2. The summed E-state index contributed by atoms with van der Waals surface area (Å²) in [7, 11) is 1.79. The summed E-state index contributed by atoms with van der Waals surface area (Å²) in [5.41, 5.74) is 5.62. The van der Waals surface area contributed by atoms with E-state index in [9.17, 15) is 14.4 Å². The molecule has 0 fully saturated rings. The van der Waals surface area contributed by atoms with Crippen LogP contribution in [0.3, 0.4) is 0 Å². The van der Waals surface area contributed by atoms with Gasteiger partial charge in [-0.3, -0.25) is 35.1 Å².